The number of carboxylic acid groups (broad SMARTS) is 1. The largest absolute Gasteiger partial charge is 0.493 e. The van der Waals surface area contributed by atoms with E-state index in [9.17, 15) is 9.59 Å². The van der Waals surface area contributed by atoms with Gasteiger partial charge in [0, 0.05) is 11.6 Å². The minimum absolute atomic E-state index is 0.0189. The van der Waals surface area contributed by atoms with E-state index in [0.29, 0.717) is 17.4 Å². The van der Waals surface area contributed by atoms with Crippen LogP contribution in [0.5, 0.6) is 5.75 Å². The number of benzene rings is 1. The van der Waals surface area contributed by atoms with Crippen molar-refractivity contribution in [3.63, 3.8) is 0 Å². The van der Waals surface area contributed by atoms with Gasteiger partial charge in [-0.15, -0.1) is 0 Å². The van der Waals surface area contributed by atoms with Crippen molar-refractivity contribution < 1.29 is 19.4 Å². The van der Waals surface area contributed by atoms with Gasteiger partial charge in [0.05, 0.1) is 18.6 Å². The second-order valence-corrected chi connectivity index (χ2v) is 4.67. The highest BCUT2D eigenvalue weighted by Gasteiger charge is 2.22. The minimum Gasteiger partial charge on any atom is -0.493 e. The average molecular weight is 263 g/mol. The second kappa shape index (κ2) is 5.73. The van der Waals surface area contributed by atoms with Crippen LogP contribution in [0.15, 0.2) is 18.2 Å². The number of carbonyl (C=O) groups is 2. The lowest BCUT2D eigenvalue weighted by Gasteiger charge is -2.10. The lowest BCUT2D eigenvalue weighted by atomic mass is 10.1. The molecule has 0 heterocycles. The Labute approximate surface area is 111 Å². The number of rotatable bonds is 6. The molecular formula is C14H17NO4. The van der Waals surface area contributed by atoms with Crippen molar-refractivity contribution in [2.45, 2.75) is 32.2 Å². The Hall–Kier alpha value is -2.04. The van der Waals surface area contributed by atoms with Crippen molar-refractivity contribution in [1.29, 1.82) is 0 Å². The van der Waals surface area contributed by atoms with Crippen LogP contribution in [0.2, 0.25) is 0 Å². The van der Waals surface area contributed by atoms with Crippen molar-refractivity contribution in [2.24, 2.45) is 0 Å². The molecular weight excluding hydrogens is 246 g/mol. The summed E-state index contributed by atoms with van der Waals surface area (Å²) >= 11 is 0. The zero-order chi connectivity index (χ0) is 13.8. The van der Waals surface area contributed by atoms with E-state index in [1.54, 1.807) is 19.1 Å². The maximum Gasteiger partial charge on any atom is 0.336 e. The molecule has 1 fully saturated rings. The summed E-state index contributed by atoms with van der Waals surface area (Å²) in [5, 5.41) is 11.9. The molecule has 19 heavy (non-hydrogen) atoms. The Morgan fingerprint density at radius 2 is 2.16 bits per heavy atom. The first-order chi connectivity index (χ1) is 9.08. The molecule has 102 valence electrons. The van der Waals surface area contributed by atoms with Crippen LogP contribution < -0.4 is 10.1 Å². The van der Waals surface area contributed by atoms with Crippen LogP contribution in [0.4, 0.5) is 0 Å². The number of ether oxygens (including phenoxy) is 1. The Balaban J connectivity index is 1.86. The molecule has 0 spiro atoms. The molecule has 0 aliphatic heterocycles. The van der Waals surface area contributed by atoms with E-state index in [0.717, 1.165) is 12.8 Å². The summed E-state index contributed by atoms with van der Waals surface area (Å²) in [6, 6.07) is 5.23. The monoisotopic (exact) mass is 263 g/mol. The third-order valence-corrected chi connectivity index (χ3v) is 3.04. The number of aromatic carboxylic acids is 1. The average Bonchev–Trinajstić information content (AvgIpc) is 3.14. The van der Waals surface area contributed by atoms with Crippen molar-refractivity contribution in [3.05, 3.63) is 29.3 Å². The predicted molar refractivity (Wildman–Crippen MR) is 69.4 cm³/mol. The molecule has 0 bridgehead atoms. The third-order valence-electron chi connectivity index (χ3n) is 3.04. The number of hydrogen-bond acceptors (Lipinski definition) is 3. The molecule has 1 aliphatic rings. The summed E-state index contributed by atoms with van der Waals surface area (Å²) in [5.74, 6) is -0.483. The Kier molecular flexibility index (Phi) is 4.04. The number of carboxylic acids is 1. The molecule has 2 rings (SSSR count). The maximum atomic E-state index is 11.5. The fraction of sp³-hybridized carbons (Fsp3) is 0.429. The zero-order valence-electron chi connectivity index (χ0n) is 10.8. The molecule has 1 aliphatic carbocycles. The predicted octanol–water partition coefficient (Wildman–Crippen LogP) is 1.74. The molecule has 0 radical (unpaired) electrons. The fourth-order valence-electron chi connectivity index (χ4n) is 1.78. The van der Waals surface area contributed by atoms with Gasteiger partial charge in [-0.1, -0.05) is 6.07 Å². The molecule has 0 unspecified atom stereocenters. The molecule has 2 N–H and O–H groups in total. The van der Waals surface area contributed by atoms with Crippen molar-refractivity contribution in [2.75, 3.05) is 6.61 Å². The fourth-order valence-corrected chi connectivity index (χ4v) is 1.78. The quantitative estimate of drug-likeness (QED) is 0.819. The zero-order valence-corrected chi connectivity index (χ0v) is 10.8. The minimum atomic E-state index is -0.977. The van der Waals surface area contributed by atoms with E-state index in [-0.39, 0.29) is 24.5 Å². The highest BCUT2D eigenvalue weighted by molar-refractivity contribution is 5.90. The SMILES string of the molecule is Cc1c(OCCC(=O)NC2CC2)cccc1C(=O)O. The maximum absolute atomic E-state index is 11.5. The second-order valence-electron chi connectivity index (χ2n) is 4.67. The van der Waals surface area contributed by atoms with E-state index in [1.165, 1.54) is 6.07 Å². The number of amides is 1. The van der Waals surface area contributed by atoms with Gasteiger partial charge in [0.15, 0.2) is 0 Å². The van der Waals surface area contributed by atoms with E-state index in [1.807, 2.05) is 0 Å². The topological polar surface area (TPSA) is 75.6 Å². The van der Waals surface area contributed by atoms with E-state index >= 15 is 0 Å². The summed E-state index contributed by atoms with van der Waals surface area (Å²) in [7, 11) is 0. The highest BCUT2D eigenvalue weighted by Crippen LogP contribution is 2.22. The first-order valence-corrected chi connectivity index (χ1v) is 6.33. The molecule has 0 saturated heterocycles. The van der Waals surface area contributed by atoms with Gasteiger partial charge in [-0.3, -0.25) is 4.79 Å². The summed E-state index contributed by atoms with van der Waals surface area (Å²) in [6.07, 6.45) is 2.41. The van der Waals surface area contributed by atoms with Crippen LogP contribution in [0.1, 0.15) is 35.2 Å². The van der Waals surface area contributed by atoms with Crippen LogP contribution >= 0.6 is 0 Å². The van der Waals surface area contributed by atoms with Crippen molar-refractivity contribution in [3.8, 4) is 5.75 Å². The Bertz CT molecular complexity index is 494. The summed E-state index contributed by atoms with van der Waals surface area (Å²) < 4.78 is 5.48. The van der Waals surface area contributed by atoms with E-state index in [2.05, 4.69) is 5.32 Å². The van der Waals surface area contributed by atoms with Gasteiger partial charge in [0.25, 0.3) is 0 Å². The molecule has 1 amide bonds. The first-order valence-electron chi connectivity index (χ1n) is 6.33. The van der Waals surface area contributed by atoms with Gasteiger partial charge in [-0.05, 0) is 31.9 Å². The summed E-state index contributed by atoms with van der Waals surface area (Å²) in [6.45, 7) is 1.95. The lowest BCUT2D eigenvalue weighted by molar-refractivity contribution is -0.121. The third kappa shape index (κ3) is 3.71. The van der Waals surface area contributed by atoms with E-state index < -0.39 is 5.97 Å². The molecule has 1 saturated carbocycles. The van der Waals surface area contributed by atoms with Gasteiger partial charge >= 0.3 is 5.97 Å². The van der Waals surface area contributed by atoms with E-state index in [4.69, 9.17) is 9.84 Å². The van der Waals surface area contributed by atoms with Crippen molar-refractivity contribution in [1.82, 2.24) is 5.32 Å². The van der Waals surface area contributed by atoms with Gasteiger partial charge in [-0.25, -0.2) is 4.79 Å². The summed E-state index contributed by atoms with van der Waals surface area (Å²) in [4.78, 5) is 22.4. The molecule has 0 aromatic heterocycles. The first kappa shape index (κ1) is 13.4. The molecule has 5 nitrogen and oxygen atoms in total. The number of carbonyl (C=O) groups excluding carboxylic acids is 1. The van der Waals surface area contributed by atoms with Gasteiger partial charge in [0.2, 0.25) is 5.91 Å². The van der Waals surface area contributed by atoms with Gasteiger partial charge < -0.3 is 15.2 Å². The molecule has 0 atom stereocenters. The number of nitrogens with one attached hydrogen (secondary N) is 1. The Morgan fingerprint density at radius 1 is 1.42 bits per heavy atom. The highest BCUT2D eigenvalue weighted by atomic mass is 16.5. The summed E-state index contributed by atoms with van der Waals surface area (Å²) in [5.41, 5.74) is 0.803. The Morgan fingerprint density at radius 3 is 2.79 bits per heavy atom. The van der Waals surface area contributed by atoms with Crippen LogP contribution in [0, 0.1) is 6.92 Å². The van der Waals surface area contributed by atoms with Crippen molar-refractivity contribution >= 4 is 11.9 Å². The van der Waals surface area contributed by atoms with Crippen LogP contribution in [-0.2, 0) is 4.79 Å². The molecule has 1 aromatic rings. The molecule has 1 aromatic carbocycles. The smallest absolute Gasteiger partial charge is 0.336 e. The van der Waals surface area contributed by atoms with Crippen LogP contribution in [-0.4, -0.2) is 29.6 Å². The number of hydrogen-bond donors (Lipinski definition) is 2. The van der Waals surface area contributed by atoms with Gasteiger partial charge in [-0.2, -0.15) is 0 Å². The van der Waals surface area contributed by atoms with Crippen LogP contribution in [0.25, 0.3) is 0 Å². The van der Waals surface area contributed by atoms with Crippen LogP contribution in [0.3, 0.4) is 0 Å². The lowest BCUT2D eigenvalue weighted by Crippen LogP contribution is -2.26. The molecule has 5 heteroatoms. The standard InChI is InChI=1S/C14H17NO4/c1-9-11(14(17)18)3-2-4-12(9)19-8-7-13(16)15-10-5-6-10/h2-4,10H,5-8H2,1H3,(H,15,16)(H,17,18). The van der Waals surface area contributed by atoms with Gasteiger partial charge in [0.1, 0.15) is 5.75 Å². The normalized spacial score (nSPS) is 13.9.